The van der Waals surface area contributed by atoms with Crippen LogP contribution in [0.5, 0.6) is 0 Å². The third-order valence-electron chi connectivity index (χ3n) is 3.82. The van der Waals surface area contributed by atoms with Gasteiger partial charge in [-0.1, -0.05) is 48.5 Å². The van der Waals surface area contributed by atoms with Gasteiger partial charge in [-0.15, -0.1) is 11.8 Å². The largest absolute Gasteiger partial charge is 0.355 e. The van der Waals surface area contributed by atoms with Gasteiger partial charge in [-0.2, -0.15) is 11.8 Å². The highest BCUT2D eigenvalue weighted by atomic mass is 35.5. The summed E-state index contributed by atoms with van der Waals surface area (Å²) in [6.45, 7) is 0.771. The van der Waals surface area contributed by atoms with Crippen LogP contribution in [0.1, 0.15) is 37.7 Å². The van der Waals surface area contributed by atoms with Gasteiger partial charge in [0.15, 0.2) is 0 Å². The first-order valence-corrected chi connectivity index (χ1v) is 11.0. The number of nitrogens with one attached hydrogen (secondary N) is 1. The van der Waals surface area contributed by atoms with Crippen LogP contribution < -0.4 is 5.32 Å². The fourth-order valence-electron chi connectivity index (χ4n) is 2.59. The molecule has 0 atom stereocenters. The Bertz CT molecular complexity index is 507. The molecule has 0 bridgehead atoms. The first-order chi connectivity index (χ1) is 11.1. The van der Waals surface area contributed by atoms with Gasteiger partial charge >= 0.3 is 0 Å². The van der Waals surface area contributed by atoms with Crippen LogP contribution in [-0.2, 0) is 10.5 Å². The Morgan fingerprint density at radius 2 is 1.96 bits per heavy atom. The number of thioether (sulfide) groups is 2. The van der Waals surface area contributed by atoms with Crippen LogP contribution in [0.3, 0.4) is 0 Å². The molecule has 0 radical (unpaired) electrons. The van der Waals surface area contributed by atoms with Crippen LogP contribution in [0.25, 0.3) is 0 Å². The zero-order valence-corrected chi connectivity index (χ0v) is 16.3. The van der Waals surface area contributed by atoms with Crippen molar-refractivity contribution < 1.29 is 4.79 Å². The van der Waals surface area contributed by atoms with Crippen LogP contribution in [0, 0.1) is 0 Å². The third kappa shape index (κ3) is 7.59. The van der Waals surface area contributed by atoms with Gasteiger partial charge in [-0.3, -0.25) is 4.79 Å². The molecule has 1 aromatic carbocycles. The molecule has 1 aromatic rings. The van der Waals surface area contributed by atoms with E-state index in [4.69, 9.17) is 23.2 Å². The molecular formula is C17H23Cl2NOS2. The highest BCUT2D eigenvalue weighted by Crippen LogP contribution is 2.27. The Morgan fingerprint density at radius 1 is 1.17 bits per heavy atom. The topological polar surface area (TPSA) is 29.1 Å². The van der Waals surface area contributed by atoms with E-state index in [1.807, 2.05) is 23.9 Å². The lowest BCUT2D eigenvalue weighted by atomic mass is 10.0. The van der Waals surface area contributed by atoms with Crippen molar-refractivity contribution in [2.45, 2.75) is 43.1 Å². The fourth-order valence-corrected chi connectivity index (χ4v) is 4.94. The molecule has 1 aliphatic rings. The van der Waals surface area contributed by atoms with E-state index in [2.05, 4.69) is 5.32 Å². The Balaban J connectivity index is 1.53. The number of rotatable bonds is 8. The maximum Gasteiger partial charge on any atom is 0.230 e. The van der Waals surface area contributed by atoms with Gasteiger partial charge in [-0.25, -0.2) is 0 Å². The van der Waals surface area contributed by atoms with Gasteiger partial charge in [-0.05, 0) is 30.5 Å². The molecule has 0 aromatic heterocycles. The Hall–Kier alpha value is -0.0300. The van der Waals surface area contributed by atoms with Crippen molar-refractivity contribution in [1.29, 1.82) is 0 Å². The van der Waals surface area contributed by atoms with E-state index in [-0.39, 0.29) is 5.91 Å². The van der Waals surface area contributed by atoms with Gasteiger partial charge in [0, 0.05) is 23.3 Å². The van der Waals surface area contributed by atoms with Crippen molar-refractivity contribution in [3.05, 3.63) is 33.8 Å². The summed E-state index contributed by atoms with van der Waals surface area (Å²) in [5.41, 5.74) is 1.09. The second-order valence-electron chi connectivity index (χ2n) is 5.72. The molecule has 128 valence electrons. The van der Waals surface area contributed by atoms with Gasteiger partial charge in [0.2, 0.25) is 5.91 Å². The summed E-state index contributed by atoms with van der Waals surface area (Å²) < 4.78 is 0. The summed E-state index contributed by atoms with van der Waals surface area (Å²) in [5, 5.41) is 4.94. The molecule has 1 N–H and O–H groups in total. The summed E-state index contributed by atoms with van der Waals surface area (Å²) >= 11 is 15.5. The van der Waals surface area contributed by atoms with E-state index in [1.165, 1.54) is 32.1 Å². The van der Waals surface area contributed by atoms with Crippen molar-refractivity contribution in [3.8, 4) is 0 Å². The van der Waals surface area contributed by atoms with Crippen LogP contribution in [0.4, 0.5) is 0 Å². The van der Waals surface area contributed by atoms with Gasteiger partial charge < -0.3 is 5.32 Å². The Labute approximate surface area is 157 Å². The SMILES string of the molecule is O=C(CSCc1ccc(Cl)c(Cl)c1)NCCSC1CCCCC1. The van der Waals surface area contributed by atoms with Crippen LogP contribution in [0.15, 0.2) is 18.2 Å². The first-order valence-electron chi connectivity index (χ1n) is 8.05. The number of carbonyl (C=O) groups is 1. The van der Waals surface area contributed by atoms with E-state index < -0.39 is 0 Å². The zero-order valence-electron chi connectivity index (χ0n) is 13.2. The lowest BCUT2D eigenvalue weighted by Gasteiger charge is -2.20. The standard InChI is InChI=1S/C17H23Cl2NOS2/c18-15-7-6-13(10-16(15)19)11-22-12-17(21)20-8-9-23-14-4-2-1-3-5-14/h6-7,10,14H,1-5,8-9,11-12H2,(H,20,21). The van der Waals surface area contributed by atoms with E-state index in [1.54, 1.807) is 17.8 Å². The van der Waals surface area contributed by atoms with Crippen molar-refractivity contribution in [2.24, 2.45) is 0 Å². The number of hydrogen-bond donors (Lipinski definition) is 1. The van der Waals surface area contributed by atoms with Crippen molar-refractivity contribution >= 4 is 52.6 Å². The Kier molecular flexibility index (Phi) is 9.02. The quantitative estimate of drug-likeness (QED) is 0.600. The number of benzene rings is 1. The predicted octanol–water partition coefficient (Wildman–Crippen LogP) is 5.41. The predicted molar refractivity (Wildman–Crippen MR) is 105 cm³/mol. The van der Waals surface area contributed by atoms with Crippen LogP contribution in [0.2, 0.25) is 10.0 Å². The zero-order chi connectivity index (χ0) is 16.5. The molecule has 1 fully saturated rings. The average Bonchev–Trinajstić information content (AvgIpc) is 2.56. The van der Waals surface area contributed by atoms with E-state index in [0.29, 0.717) is 15.8 Å². The van der Waals surface area contributed by atoms with E-state index in [0.717, 1.165) is 28.9 Å². The maximum atomic E-state index is 11.8. The highest BCUT2D eigenvalue weighted by molar-refractivity contribution is 8.00. The van der Waals surface area contributed by atoms with Crippen LogP contribution in [-0.4, -0.2) is 29.2 Å². The minimum absolute atomic E-state index is 0.110. The lowest BCUT2D eigenvalue weighted by Crippen LogP contribution is -2.28. The number of carbonyl (C=O) groups excluding carboxylic acids is 1. The third-order valence-corrected chi connectivity index (χ3v) is 6.94. The molecule has 1 aliphatic carbocycles. The van der Waals surface area contributed by atoms with Gasteiger partial charge in [0.1, 0.15) is 0 Å². The van der Waals surface area contributed by atoms with E-state index >= 15 is 0 Å². The second-order valence-corrected chi connectivity index (χ2v) is 8.93. The van der Waals surface area contributed by atoms with Gasteiger partial charge in [0.25, 0.3) is 0 Å². The molecular weight excluding hydrogens is 369 g/mol. The summed E-state index contributed by atoms with van der Waals surface area (Å²) in [4.78, 5) is 11.8. The highest BCUT2D eigenvalue weighted by Gasteiger charge is 2.13. The Morgan fingerprint density at radius 3 is 2.70 bits per heavy atom. The summed E-state index contributed by atoms with van der Waals surface area (Å²) in [6, 6.07) is 5.60. The smallest absolute Gasteiger partial charge is 0.230 e. The molecule has 0 heterocycles. The second kappa shape index (κ2) is 10.8. The fraction of sp³-hybridized carbons (Fsp3) is 0.588. The summed E-state index contributed by atoms with van der Waals surface area (Å²) in [5.74, 6) is 2.38. The van der Waals surface area contributed by atoms with Crippen molar-refractivity contribution in [3.63, 3.8) is 0 Å². The monoisotopic (exact) mass is 391 g/mol. The molecule has 1 saturated carbocycles. The molecule has 0 saturated heterocycles. The minimum atomic E-state index is 0.110. The number of hydrogen-bond acceptors (Lipinski definition) is 3. The van der Waals surface area contributed by atoms with Crippen molar-refractivity contribution in [2.75, 3.05) is 18.1 Å². The molecule has 6 heteroatoms. The molecule has 2 rings (SSSR count). The molecule has 23 heavy (non-hydrogen) atoms. The normalized spacial score (nSPS) is 15.6. The van der Waals surface area contributed by atoms with Crippen molar-refractivity contribution in [1.82, 2.24) is 5.32 Å². The number of amides is 1. The van der Waals surface area contributed by atoms with E-state index in [9.17, 15) is 4.79 Å². The maximum absolute atomic E-state index is 11.8. The molecule has 0 spiro atoms. The van der Waals surface area contributed by atoms with Crippen LogP contribution >= 0.6 is 46.7 Å². The summed E-state index contributed by atoms with van der Waals surface area (Å²) in [7, 11) is 0. The summed E-state index contributed by atoms with van der Waals surface area (Å²) in [6.07, 6.45) is 6.82. The molecule has 0 unspecified atom stereocenters. The average molecular weight is 392 g/mol. The van der Waals surface area contributed by atoms with Gasteiger partial charge in [0.05, 0.1) is 15.8 Å². The molecule has 0 aliphatic heterocycles. The lowest BCUT2D eigenvalue weighted by molar-refractivity contribution is -0.118. The molecule has 2 nitrogen and oxygen atoms in total. The minimum Gasteiger partial charge on any atom is -0.355 e. The molecule has 1 amide bonds. The first kappa shape index (κ1) is 19.3. The number of halogens is 2.